The molecular formula is C9H15N3S. The monoisotopic (exact) mass is 197 g/mol. The molecule has 0 fully saturated rings. The molecule has 4 heteroatoms. The first kappa shape index (κ1) is 10.2. The summed E-state index contributed by atoms with van der Waals surface area (Å²) in [4.78, 5) is 4.79. The molecule has 72 valence electrons. The number of nitrogens with zero attached hydrogens (tertiary/aromatic N) is 2. The lowest BCUT2D eigenvalue weighted by Crippen LogP contribution is -2.23. The third kappa shape index (κ3) is 2.52. The number of nitrogens with two attached hydrogens (primary N) is 1. The van der Waals surface area contributed by atoms with Crippen molar-refractivity contribution in [2.45, 2.75) is 26.8 Å². The van der Waals surface area contributed by atoms with E-state index in [1.165, 1.54) is 0 Å². The first-order chi connectivity index (χ1) is 6.15. The smallest absolute Gasteiger partial charge is 0.108 e. The quantitative estimate of drug-likeness (QED) is 0.741. The SMILES string of the molecule is CCc1nccn1CC(C)C(N)=S. The predicted molar refractivity (Wildman–Crippen MR) is 57.6 cm³/mol. The van der Waals surface area contributed by atoms with Crippen LogP contribution in [0.4, 0.5) is 0 Å². The van der Waals surface area contributed by atoms with Crippen LogP contribution in [0.3, 0.4) is 0 Å². The number of aryl methyl sites for hydroxylation is 1. The second kappa shape index (κ2) is 4.37. The second-order valence-corrected chi connectivity index (χ2v) is 3.62. The van der Waals surface area contributed by atoms with E-state index >= 15 is 0 Å². The molecular weight excluding hydrogens is 182 g/mol. The Balaban J connectivity index is 2.68. The third-order valence-electron chi connectivity index (χ3n) is 2.07. The molecule has 1 aromatic rings. The van der Waals surface area contributed by atoms with Crippen LogP contribution >= 0.6 is 12.2 Å². The zero-order valence-corrected chi connectivity index (χ0v) is 8.84. The van der Waals surface area contributed by atoms with Crippen LogP contribution in [0.2, 0.25) is 0 Å². The van der Waals surface area contributed by atoms with Gasteiger partial charge in [-0.2, -0.15) is 0 Å². The van der Waals surface area contributed by atoms with Crippen LogP contribution < -0.4 is 5.73 Å². The van der Waals surface area contributed by atoms with Crippen LogP contribution in [0.15, 0.2) is 12.4 Å². The van der Waals surface area contributed by atoms with E-state index in [4.69, 9.17) is 18.0 Å². The number of aromatic nitrogens is 2. The maximum absolute atomic E-state index is 5.54. The molecule has 1 atom stereocenters. The number of hydrogen-bond donors (Lipinski definition) is 1. The van der Waals surface area contributed by atoms with Gasteiger partial charge in [0.25, 0.3) is 0 Å². The van der Waals surface area contributed by atoms with E-state index in [2.05, 4.69) is 16.5 Å². The van der Waals surface area contributed by atoms with Gasteiger partial charge in [-0.25, -0.2) is 4.98 Å². The van der Waals surface area contributed by atoms with Crippen molar-refractivity contribution in [3.05, 3.63) is 18.2 Å². The van der Waals surface area contributed by atoms with Crippen molar-refractivity contribution in [3.8, 4) is 0 Å². The van der Waals surface area contributed by atoms with Gasteiger partial charge in [-0.1, -0.05) is 26.1 Å². The summed E-state index contributed by atoms with van der Waals surface area (Å²) in [5.74, 6) is 1.32. The Morgan fingerprint density at radius 1 is 1.77 bits per heavy atom. The molecule has 0 aliphatic heterocycles. The lowest BCUT2D eigenvalue weighted by atomic mass is 10.2. The van der Waals surface area contributed by atoms with E-state index in [1.54, 1.807) is 0 Å². The molecule has 13 heavy (non-hydrogen) atoms. The molecule has 1 heterocycles. The normalized spacial score (nSPS) is 12.8. The first-order valence-electron chi connectivity index (χ1n) is 4.44. The van der Waals surface area contributed by atoms with Crippen molar-refractivity contribution >= 4 is 17.2 Å². The van der Waals surface area contributed by atoms with Crippen molar-refractivity contribution in [1.82, 2.24) is 9.55 Å². The van der Waals surface area contributed by atoms with Crippen LogP contribution in [-0.4, -0.2) is 14.5 Å². The number of rotatable bonds is 4. The molecule has 3 nitrogen and oxygen atoms in total. The Kier molecular flexibility index (Phi) is 3.42. The maximum Gasteiger partial charge on any atom is 0.108 e. The molecule has 2 N–H and O–H groups in total. The van der Waals surface area contributed by atoms with Crippen LogP contribution in [0.5, 0.6) is 0 Å². The van der Waals surface area contributed by atoms with E-state index in [-0.39, 0.29) is 5.92 Å². The summed E-state index contributed by atoms with van der Waals surface area (Å²) in [6.45, 7) is 4.95. The first-order valence-corrected chi connectivity index (χ1v) is 4.85. The molecule has 0 aliphatic rings. The van der Waals surface area contributed by atoms with Gasteiger partial charge in [0.15, 0.2) is 0 Å². The molecule has 0 aliphatic carbocycles. The minimum Gasteiger partial charge on any atom is -0.393 e. The van der Waals surface area contributed by atoms with Gasteiger partial charge in [0.05, 0.1) is 4.99 Å². The fraction of sp³-hybridized carbons (Fsp3) is 0.556. The van der Waals surface area contributed by atoms with Gasteiger partial charge < -0.3 is 10.3 Å². The standard InChI is InChI=1S/C9H15N3S/c1-3-8-11-4-5-12(8)6-7(2)9(10)13/h4-5,7H,3,6H2,1-2H3,(H2,10,13). The molecule has 1 rings (SSSR count). The molecule has 0 amide bonds. The summed E-state index contributed by atoms with van der Waals surface area (Å²) in [6.07, 6.45) is 4.72. The van der Waals surface area contributed by atoms with Crippen molar-refractivity contribution < 1.29 is 0 Å². The van der Waals surface area contributed by atoms with Crippen molar-refractivity contribution in [1.29, 1.82) is 0 Å². The van der Waals surface area contributed by atoms with Gasteiger partial charge in [-0.05, 0) is 0 Å². The average molecular weight is 197 g/mol. The Hall–Kier alpha value is -0.900. The highest BCUT2D eigenvalue weighted by atomic mass is 32.1. The van der Waals surface area contributed by atoms with Crippen LogP contribution in [0.25, 0.3) is 0 Å². The van der Waals surface area contributed by atoms with Gasteiger partial charge in [-0.3, -0.25) is 0 Å². The van der Waals surface area contributed by atoms with Crippen molar-refractivity contribution in [2.24, 2.45) is 11.7 Å². The van der Waals surface area contributed by atoms with E-state index in [0.29, 0.717) is 4.99 Å². The molecule has 0 saturated carbocycles. The predicted octanol–water partition coefficient (Wildman–Crippen LogP) is 1.37. The van der Waals surface area contributed by atoms with E-state index < -0.39 is 0 Å². The zero-order chi connectivity index (χ0) is 9.84. The Morgan fingerprint density at radius 2 is 2.46 bits per heavy atom. The minimum absolute atomic E-state index is 0.231. The van der Waals surface area contributed by atoms with Crippen LogP contribution in [-0.2, 0) is 13.0 Å². The number of hydrogen-bond acceptors (Lipinski definition) is 2. The molecule has 0 spiro atoms. The van der Waals surface area contributed by atoms with Crippen LogP contribution in [0.1, 0.15) is 19.7 Å². The van der Waals surface area contributed by atoms with Gasteiger partial charge in [0.1, 0.15) is 5.82 Å². The lowest BCUT2D eigenvalue weighted by Gasteiger charge is -2.12. The highest BCUT2D eigenvalue weighted by molar-refractivity contribution is 7.80. The molecule has 1 aromatic heterocycles. The molecule has 0 saturated heterocycles. The Labute approximate surface area is 84.0 Å². The Bertz CT molecular complexity index is 293. The largest absolute Gasteiger partial charge is 0.393 e. The van der Waals surface area contributed by atoms with Gasteiger partial charge in [-0.15, -0.1) is 0 Å². The van der Waals surface area contributed by atoms with E-state index in [1.807, 2.05) is 19.3 Å². The summed E-state index contributed by atoms with van der Waals surface area (Å²) < 4.78 is 2.10. The summed E-state index contributed by atoms with van der Waals surface area (Å²) >= 11 is 4.91. The molecule has 0 aromatic carbocycles. The topological polar surface area (TPSA) is 43.8 Å². The summed E-state index contributed by atoms with van der Waals surface area (Å²) in [5, 5.41) is 0. The minimum atomic E-state index is 0.231. The fourth-order valence-electron chi connectivity index (χ4n) is 1.21. The van der Waals surface area contributed by atoms with E-state index in [9.17, 15) is 0 Å². The molecule has 0 bridgehead atoms. The maximum atomic E-state index is 5.54. The summed E-state index contributed by atoms with van der Waals surface area (Å²) in [6, 6.07) is 0. The van der Waals surface area contributed by atoms with Crippen molar-refractivity contribution in [3.63, 3.8) is 0 Å². The fourth-order valence-corrected chi connectivity index (χ4v) is 1.28. The molecule has 1 unspecified atom stereocenters. The van der Waals surface area contributed by atoms with Gasteiger partial charge in [0, 0.05) is 31.3 Å². The van der Waals surface area contributed by atoms with E-state index in [0.717, 1.165) is 18.8 Å². The zero-order valence-electron chi connectivity index (χ0n) is 8.03. The number of thiocarbonyl (C=S) groups is 1. The van der Waals surface area contributed by atoms with Gasteiger partial charge in [0.2, 0.25) is 0 Å². The highest BCUT2D eigenvalue weighted by Crippen LogP contribution is 2.05. The third-order valence-corrected chi connectivity index (χ3v) is 2.48. The summed E-state index contributed by atoms with van der Waals surface area (Å²) in [7, 11) is 0. The van der Waals surface area contributed by atoms with Gasteiger partial charge >= 0.3 is 0 Å². The highest BCUT2D eigenvalue weighted by Gasteiger charge is 2.07. The molecule has 0 radical (unpaired) electrons. The average Bonchev–Trinajstić information content (AvgIpc) is 2.51. The lowest BCUT2D eigenvalue weighted by molar-refractivity contribution is 0.575. The number of imidazole rings is 1. The Morgan fingerprint density at radius 3 is 3.00 bits per heavy atom. The van der Waals surface area contributed by atoms with Crippen LogP contribution in [0, 0.1) is 5.92 Å². The second-order valence-electron chi connectivity index (χ2n) is 3.15. The summed E-state index contributed by atoms with van der Waals surface area (Å²) in [5.41, 5.74) is 5.54. The van der Waals surface area contributed by atoms with Crippen molar-refractivity contribution in [2.75, 3.05) is 0 Å².